The van der Waals surface area contributed by atoms with Crippen LogP contribution in [0.4, 0.5) is 5.69 Å². The molecule has 0 aliphatic heterocycles. The zero-order valence-electron chi connectivity index (χ0n) is 12.3. The molecule has 0 atom stereocenters. The van der Waals surface area contributed by atoms with E-state index in [-0.39, 0.29) is 16.7 Å². The molecule has 3 aromatic rings. The van der Waals surface area contributed by atoms with E-state index in [0.29, 0.717) is 22.2 Å². The second-order valence-electron chi connectivity index (χ2n) is 4.75. The molecule has 7 nitrogen and oxygen atoms in total. The Bertz CT molecular complexity index is 961. The van der Waals surface area contributed by atoms with Crippen LogP contribution in [-0.2, 0) is 0 Å². The van der Waals surface area contributed by atoms with Crippen molar-refractivity contribution in [2.75, 3.05) is 12.4 Å². The molecule has 118 valence electrons. The normalized spacial score (nSPS) is 10.7. The summed E-state index contributed by atoms with van der Waals surface area (Å²) >= 11 is 6.03. The van der Waals surface area contributed by atoms with E-state index in [1.165, 1.54) is 13.4 Å². The minimum atomic E-state index is -0.485. The molecule has 2 N–H and O–H groups in total. The van der Waals surface area contributed by atoms with E-state index >= 15 is 0 Å². The molecule has 0 aliphatic carbocycles. The van der Waals surface area contributed by atoms with Crippen molar-refractivity contribution in [3.8, 4) is 5.75 Å². The number of aryl methyl sites for hydroxylation is 1. The minimum absolute atomic E-state index is 0.113. The lowest BCUT2D eigenvalue weighted by molar-refractivity contribution is 0.102. The highest BCUT2D eigenvalue weighted by atomic mass is 35.5. The maximum atomic E-state index is 12.5. The first-order chi connectivity index (χ1) is 11.0. The number of methoxy groups -OCH3 is 1. The first kappa shape index (κ1) is 15.1. The molecule has 0 radical (unpaired) electrons. The van der Waals surface area contributed by atoms with Crippen LogP contribution in [0.2, 0.25) is 5.02 Å². The van der Waals surface area contributed by atoms with Gasteiger partial charge in [-0.15, -0.1) is 0 Å². The van der Waals surface area contributed by atoms with Crippen molar-refractivity contribution in [1.29, 1.82) is 0 Å². The number of hydrogen-bond acceptors (Lipinski definition) is 5. The number of anilines is 1. The highest BCUT2D eigenvalue weighted by Crippen LogP contribution is 2.28. The molecule has 1 amide bonds. The summed E-state index contributed by atoms with van der Waals surface area (Å²) in [6.07, 6.45) is 1.22. The molecule has 1 aromatic carbocycles. The lowest BCUT2D eigenvalue weighted by Crippen LogP contribution is -2.16. The van der Waals surface area contributed by atoms with E-state index in [1.807, 2.05) is 0 Å². The molecular weight excluding hydrogens is 322 g/mol. The topological polar surface area (TPSA) is 97.2 Å². The molecule has 0 unspecified atom stereocenters. The molecule has 0 bridgehead atoms. The number of halogens is 1. The Morgan fingerprint density at radius 2 is 2.22 bits per heavy atom. The zero-order valence-corrected chi connectivity index (χ0v) is 13.0. The van der Waals surface area contributed by atoms with Crippen molar-refractivity contribution < 1.29 is 13.9 Å². The SMILES string of the molecule is COc1ccc(NC(=O)c2c(C)oc3nc[nH]c(=O)c23)cc1Cl. The summed E-state index contributed by atoms with van der Waals surface area (Å²) in [5.41, 5.74) is 0.282. The summed E-state index contributed by atoms with van der Waals surface area (Å²) in [6.45, 7) is 1.59. The smallest absolute Gasteiger partial charge is 0.262 e. The van der Waals surface area contributed by atoms with E-state index in [9.17, 15) is 9.59 Å². The number of hydrogen-bond donors (Lipinski definition) is 2. The molecule has 0 aliphatic rings. The monoisotopic (exact) mass is 333 g/mol. The van der Waals surface area contributed by atoms with Crippen molar-refractivity contribution in [2.45, 2.75) is 6.92 Å². The number of nitrogens with one attached hydrogen (secondary N) is 2. The van der Waals surface area contributed by atoms with E-state index in [1.54, 1.807) is 25.1 Å². The van der Waals surface area contributed by atoms with Crippen molar-refractivity contribution in [3.05, 3.63) is 51.2 Å². The van der Waals surface area contributed by atoms with Gasteiger partial charge in [-0.1, -0.05) is 11.6 Å². The Morgan fingerprint density at radius 3 is 2.91 bits per heavy atom. The Morgan fingerprint density at radius 1 is 1.43 bits per heavy atom. The molecule has 8 heteroatoms. The maximum Gasteiger partial charge on any atom is 0.262 e. The molecule has 0 saturated heterocycles. The molecule has 2 heterocycles. The van der Waals surface area contributed by atoms with Crippen LogP contribution in [0.25, 0.3) is 11.1 Å². The second-order valence-corrected chi connectivity index (χ2v) is 5.16. The lowest BCUT2D eigenvalue weighted by atomic mass is 10.1. The number of furan rings is 1. The third-order valence-electron chi connectivity index (χ3n) is 3.31. The van der Waals surface area contributed by atoms with Gasteiger partial charge in [-0.05, 0) is 25.1 Å². The fourth-order valence-electron chi connectivity index (χ4n) is 2.26. The summed E-state index contributed by atoms with van der Waals surface area (Å²) in [4.78, 5) is 30.8. The number of carbonyl (C=O) groups excluding carboxylic acids is 1. The van der Waals surface area contributed by atoms with E-state index in [0.717, 1.165) is 0 Å². The van der Waals surface area contributed by atoms with Crippen LogP contribution >= 0.6 is 11.6 Å². The van der Waals surface area contributed by atoms with Gasteiger partial charge in [-0.3, -0.25) is 9.59 Å². The van der Waals surface area contributed by atoms with E-state index < -0.39 is 11.5 Å². The first-order valence-corrected chi connectivity index (χ1v) is 7.00. The van der Waals surface area contributed by atoms with Crippen molar-refractivity contribution >= 4 is 34.3 Å². The predicted molar refractivity (Wildman–Crippen MR) is 85.3 cm³/mol. The second kappa shape index (κ2) is 5.77. The van der Waals surface area contributed by atoms with Gasteiger partial charge >= 0.3 is 0 Å². The molecule has 0 saturated carbocycles. The van der Waals surface area contributed by atoms with Crippen LogP contribution in [0, 0.1) is 6.92 Å². The number of rotatable bonds is 3. The van der Waals surface area contributed by atoms with Gasteiger partial charge in [0.15, 0.2) is 0 Å². The number of aromatic nitrogens is 2. The Balaban J connectivity index is 2.00. The highest BCUT2D eigenvalue weighted by Gasteiger charge is 2.21. The fourth-order valence-corrected chi connectivity index (χ4v) is 2.52. The van der Waals surface area contributed by atoms with Crippen LogP contribution in [0.3, 0.4) is 0 Å². The molecule has 3 rings (SSSR count). The van der Waals surface area contributed by atoms with Crippen molar-refractivity contribution in [1.82, 2.24) is 9.97 Å². The van der Waals surface area contributed by atoms with Gasteiger partial charge < -0.3 is 19.5 Å². The maximum absolute atomic E-state index is 12.5. The molecular formula is C15H12ClN3O4. The lowest BCUT2D eigenvalue weighted by Gasteiger charge is -2.07. The summed E-state index contributed by atoms with van der Waals surface area (Å²) in [6, 6.07) is 4.83. The molecule has 23 heavy (non-hydrogen) atoms. The van der Waals surface area contributed by atoms with Crippen molar-refractivity contribution in [2.24, 2.45) is 0 Å². The number of fused-ring (bicyclic) bond motifs is 1. The van der Waals surface area contributed by atoms with Crippen LogP contribution in [-0.4, -0.2) is 23.0 Å². The summed E-state index contributed by atoms with van der Waals surface area (Å²) in [5.74, 6) is 0.317. The van der Waals surface area contributed by atoms with Crippen LogP contribution in [0.5, 0.6) is 5.75 Å². The number of H-pyrrole nitrogens is 1. The number of amides is 1. The average Bonchev–Trinajstić information content (AvgIpc) is 2.85. The number of nitrogens with zero attached hydrogens (tertiary/aromatic N) is 1. The van der Waals surface area contributed by atoms with Gasteiger partial charge in [-0.25, -0.2) is 4.98 Å². The standard InChI is InChI=1S/C15H12ClN3O4/c1-7-11(12-13(20)17-6-18-15(12)23-7)14(21)19-8-3-4-10(22-2)9(16)5-8/h3-6H,1-2H3,(H,19,21)(H,17,18,20). The van der Waals surface area contributed by atoms with E-state index in [4.69, 9.17) is 20.8 Å². The predicted octanol–water partition coefficient (Wildman–Crippen LogP) is 2.74. The van der Waals surface area contributed by atoms with Gasteiger partial charge in [0.1, 0.15) is 16.9 Å². The molecule has 2 aromatic heterocycles. The zero-order chi connectivity index (χ0) is 16.6. The van der Waals surface area contributed by atoms with Crippen LogP contribution < -0.4 is 15.6 Å². The minimum Gasteiger partial charge on any atom is -0.495 e. The van der Waals surface area contributed by atoms with Gasteiger partial charge in [0.25, 0.3) is 11.5 Å². The number of aromatic amines is 1. The summed E-state index contributed by atoms with van der Waals surface area (Å²) in [5, 5.41) is 3.15. The van der Waals surface area contributed by atoms with Gasteiger partial charge in [0.2, 0.25) is 5.71 Å². The number of ether oxygens (including phenoxy) is 1. The Hall–Kier alpha value is -2.80. The van der Waals surface area contributed by atoms with E-state index in [2.05, 4.69) is 15.3 Å². The Kier molecular flexibility index (Phi) is 3.79. The molecule has 0 spiro atoms. The van der Waals surface area contributed by atoms with Gasteiger partial charge in [0.05, 0.1) is 24.0 Å². The van der Waals surface area contributed by atoms with Gasteiger partial charge in [-0.2, -0.15) is 0 Å². The first-order valence-electron chi connectivity index (χ1n) is 6.63. The largest absolute Gasteiger partial charge is 0.495 e. The number of carbonyl (C=O) groups is 1. The average molecular weight is 334 g/mol. The summed E-state index contributed by atoms with van der Waals surface area (Å²) < 4.78 is 10.4. The summed E-state index contributed by atoms with van der Waals surface area (Å²) in [7, 11) is 1.50. The van der Waals surface area contributed by atoms with Crippen molar-refractivity contribution in [3.63, 3.8) is 0 Å². The third-order valence-corrected chi connectivity index (χ3v) is 3.60. The number of benzene rings is 1. The van der Waals surface area contributed by atoms with Gasteiger partial charge in [0, 0.05) is 5.69 Å². The van der Waals surface area contributed by atoms with Crippen LogP contribution in [0.1, 0.15) is 16.1 Å². The van der Waals surface area contributed by atoms with Crippen LogP contribution in [0.15, 0.2) is 33.7 Å². The quantitative estimate of drug-likeness (QED) is 0.768. The fraction of sp³-hybridized carbons (Fsp3) is 0.133. The third kappa shape index (κ3) is 2.66. The molecule has 0 fully saturated rings. The Labute approximate surface area is 135 Å². The highest BCUT2D eigenvalue weighted by molar-refractivity contribution is 6.32.